The summed E-state index contributed by atoms with van der Waals surface area (Å²) in [5.41, 5.74) is 0. The zero-order valence-electron chi connectivity index (χ0n) is 8.23. The summed E-state index contributed by atoms with van der Waals surface area (Å²) < 4.78 is -1.61. The van der Waals surface area contributed by atoms with Gasteiger partial charge in [-0.1, -0.05) is 59.7 Å². The highest BCUT2D eigenvalue weighted by molar-refractivity contribution is 6.83. The first-order chi connectivity index (χ1) is 5.83. The quantitative estimate of drug-likeness (QED) is 0.767. The van der Waals surface area contributed by atoms with Crippen molar-refractivity contribution >= 4 is 46.4 Å². The van der Waals surface area contributed by atoms with Crippen molar-refractivity contribution in [3.8, 4) is 0 Å². The number of aliphatic hydroxyl groups is 2. The third-order valence-corrected chi connectivity index (χ3v) is 0.512. The molecule has 14 heavy (non-hydrogen) atoms. The highest BCUT2D eigenvalue weighted by Crippen LogP contribution is 2.29. The molecule has 0 saturated heterocycles. The summed E-state index contributed by atoms with van der Waals surface area (Å²) in [6.45, 7) is 4.33. The number of rotatable bonds is 2. The van der Waals surface area contributed by atoms with Crippen LogP contribution in [0, 0.1) is 0 Å². The molecule has 3 nitrogen and oxygen atoms in total. The fraction of sp³-hybridized carbons (Fsp3) is 1.00. The second kappa shape index (κ2) is 19.6. The van der Waals surface area contributed by atoms with Crippen LogP contribution in [0.4, 0.5) is 0 Å². The predicted molar refractivity (Wildman–Crippen MR) is 64.5 cm³/mol. The number of alkyl halides is 4. The molecule has 0 bridgehead atoms. The van der Waals surface area contributed by atoms with Gasteiger partial charge in [0, 0.05) is 13.2 Å². The van der Waals surface area contributed by atoms with Crippen molar-refractivity contribution < 1.29 is 15.7 Å². The minimum absolute atomic E-state index is 0. The van der Waals surface area contributed by atoms with Gasteiger partial charge in [-0.3, -0.25) is 0 Å². The van der Waals surface area contributed by atoms with Crippen molar-refractivity contribution in [2.45, 2.75) is 29.9 Å². The van der Waals surface area contributed by atoms with Crippen LogP contribution >= 0.6 is 46.4 Å². The Hall–Kier alpha value is 1.04. The fourth-order valence-corrected chi connectivity index (χ4v) is 0.158. The van der Waals surface area contributed by atoms with Crippen molar-refractivity contribution in [1.29, 1.82) is 0 Å². The van der Waals surface area contributed by atoms with Crippen molar-refractivity contribution in [3.63, 3.8) is 0 Å². The minimum Gasteiger partial charge on any atom is -0.412 e. The molecule has 0 aromatic rings. The van der Waals surface area contributed by atoms with Gasteiger partial charge in [-0.15, -0.1) is 0 Å². The Bertz CT molecular complexity index is 69.8. The number of hydrogen-bond acceptors (Lipinski definition) is 2. The molecule has 0 saturated carbocycles. The molecule has 92 valence electrons. The van der Waals surface area contributed by atoms with E-state index in [0.717, 1.165) is 12.8 Å². The highest BCUT2D eigenvalue weighted by Gasteiger charge is 2.11. The highest BCUT2D eigenvalue weighted by atomic mass is 35.6. The van der Waals surface area contributed by atoms with Gasteiger partial charge in [0.2, 0.25) is 0 Å². The fourth-order valence-electron chi connectivity index (χ4n) is 0.158. The Morgan fingerprint density at radius 2 is 1.21 bits per heavy atom. The molecule has 0 aliphatic heterocycles. The number of halogens is 4. The van der Waals surface area contributed by atoms with E-state index in [1.165, 1.54) is 0 Å². The maximum atomic E-state index is 8.07. The molecule has 0 spiro atoms. The molecule has 0 unspecified atom stereocenters. The summed E-state index contributed by atoms with van der Waals surface area (Å²) in [5, 5.41) is 15.6. The third kappa shape index (κ3) is 205. The first-order valence-corrected chi connectivity index (χ1v) is 5.31. The number of aliphatic hydroxyl groups excluding tert-OH is 2. The van der Waals surface area contributed by atoms with E-state index in [-0.39, 0.29) is 12.1 Å². The SMILES string of the molecule is CCCCO.CCO.ClC(Cl)(Cl)Cl.O. The number of hydrogen-bond donors (Lipinski definition) is 2. The number of unbranched alkanes of at least 4 members (excludes halogenated alkanes) is 1. The summed E-state index contributed by atoms with van der Waals surface area (Å²) >= 11 is 19.3. The van der Waals surface area contributed by atoms with E-state index in [4.69, 9.17) is 56.6 Å². The van der Waals surface area contributed by atoms with Crippen molar-refractivity contribution in [3.05, 3.63) is 0 Å². The molecular weight excluding hydrogens is 274 g/mol. The van der Waals surface area contributed by atoms with Crippen LogP contribution in [0.5, 0.6) is 0 Å². The molecule has 0 radical (unpaired) electrons. The van der Waals surface area contributed by atoms with Crippen molar-refractivity contribution in [2.75, 3.05) is 13.2 Å². The van der Waals surface area contributed by atoms with Crippen molar-refractivity contribution in [1.82, 2.24) is 0 Å². The molecule has 0 heterocycles. The van der Waals surface area contributed by atoms with Crippen LogP contribution in [0.15, 0.2) is 0 Å². The van der Waals surface area contributed by atoms with Crippen LogP contribution in [0.1, 0.15) is 26.7 Å². The van der Waals surface area contributed by atoms with Crippen LogP contribution in [-0.2, 0) is 0 Å². The normalized spacial score (nSPS) is 8.57. The lowest BCUT2D eigenvalue weighted by molar-refractivity contribution is 0.287. The Morgan fingerprint density at radius 3 is 1.21 bits per heavy atom. The van der Waals surface area contributed by atoms with Crippen LogP contribution in [0.2, 0.25) is 0 Å². The lowest BCUT2D eigenvalue weighted by atomic mass is 10.4. The van der Waals surface area contributed by atoms with E-state index in [1.807, 2.05) is 0 Å². The van der Waals surface area contributed by atoms with Gasteiger partial charge in [-0.25, -0.2) is 0 Å². The van der Waals surface area contributed by atoms with Gasteiger partial charge < -0.3 is 15.7 Å². The summed E-state index contributed by atoms with van der Waals surface area (Å²) in [4.78, 5) is 0. The molecule has 7 heteroatoms. The Kier molecular flexibility index (Phi) is 34.0. The largest absolute Gasteiger partial charge is 0.412 e. The summed E-state index contributed by atoms with van der Waals surface area (Å²) in [7, 11) is 0. The van der Waals surface area contributed by atoms with E-state index in [0.29, 0.717) is 6.61 Å². The lowest BCUT2D eigenvalue weighted by Gasteiger charge is -1.91. The standard InChI is InChI=1S/C4H10O.C2H6O.CCl4.H2O/c1-2-3-4-5;1-2-3;2-1(3,4)5;/h5H,2-4H2,1H3;3H,2H2,1H3;;1H2. The maximum absolute atomic E-state index is 8.07. The summed E-state index contributed by atoms with van der Waals surface area (Å²) in [6.07, 6.45) is 2.04. The average molecular weight is 292 g/mol. The van der Waals surface area contributed by atoms with Gasteiger partial charge in [0.25, 0.3) is 3.25 Å². The topological polar surface area (TPSA) is 72.0 Å². The average Bonchev–Trinajstić information content (AvgIpc) is 1.87. The summed E-state index contributed by atoms with van der Waals surface area (Å²) in [5.74, 6) is 0. The monoisotopic (exact) mass is 290 g/mol. The van der Waals surface area contributed by atoms with Gasteiger partial charge in [-0.2, -0.15) is 0 Å². The molecule has 0 aliphatic carbocycles. The van der Waals surface area contributed by atoms with E-state index in [9.17, 15) is 0 Å². The third-order valence-electron chi connectivity index (χ3n) is 0.512. The molecule has 0 aliphatic rings. The second-order valence-corrected chi connectivity index (χ2v) is 5.25. The molecule has 4 N–H and O–H groups in total. The maximum Gasteiger partial charge on any atom is 0.266 e. The molecule has 0 atom stereocenters. The zero-order chi connectivity index (χ0) is 11.3. The zero-order valence-corrected chi connectivity index (χ0v) is 11.3. The van der Waals surface area contributed by atoms with E-state index in [2.05, 4.69) is 6.92 Å². The van der Waals surface area contributed by atoms with Crippen LogP contribution < -0.4 is 0 Å². The van der Waals surface area contributed by atoms with Crippen LogP contribution in [0.3, 0.4) is 0 Å². The minimum atomic E-state index is -1.61. The predicted octanol–water partition coefficient (Wildman–Crippen LogP) is 2.51. The second-order valence-electron chi connectivity index (χ2n) is 1.82. The Morgan fingerprint density at radius 1 is 1.00 bits per heavy atom. The van der Waals surface area contributed by atoms with Gasteiger partial charge >= 0.3 is 0 Å². The Balaban J connectivity index is -0.0000000535. The van der Waals surface area contributed by atoms with Gasteiger partial charge in [-0.05, 0) is 13.3 Å². The van der Waals surface area contributed by atoms with Gasteiger partial charge in [0.1, 0.15) is 0 Å². The van der Waals surface area contributed by atoms with Crippen LogP contribution in [-0.4, -0.2) is 32.2 Å². The summed E-state index contributed by atoms with van der Waals surface area (Å²) in [6, 6.07) is 0. The van der Waals surface area contributed by atoms with Crippen molar-refractivity contribution in [2.24, 2.45) is 0 Å². The smallest absolute Gasteiger partial charge is 0.266 e. The Labute approximate surface area is 105 Å². The molecule has 0 fully saturated rings. The molecule has 0 aromatic carbocycles. The molecule has 0 aromatic heterocycles. The van der Waals surface area contributed by atoms with Gasteiger partial charge in [0.05, 0.1) is 0 Å². The first kappa shape index (κ1) is 24.3. The first-order valence-electron chi connectivity index (χ1n) is 3.80. The van der Waals surface area contributed by atoms with E-state index in [1.54, 1.807) is 6.92 Å². The molecular formula is C7H18Cl4O3. The van der Waals surface area contributed by atoms with Gasteiger partial charge in [0.15, 0.2) is 0 Å². The van der Waals surface area contributed by atoms with E-state index < -0.39 is 3.25 Å². The van der Waals surface area contributed by atoms with E-state index >= 15 is 0 Å². The van der Waals surface area contributed by atoms with Crippen LogP contribution in [0.25, 0.3) is 0 Å². The molecule has 0 rings (SSSR count). The molecule has 0 amide bonds. The lowest BCUT2D eigenvalue weighted by Crippen LogP contribution is -1.81.